The number of pyridine rings is 1. The Kier molecular flexibility index (Phi) is 3.74. The maximum Gasteiger partial charge on any atom is 0.239 e. The van der Waals surface area contributed by atoms with Gasteiger partial charge < -0.3 is 10.3 Å². The van der Waals surface area contributed by atoms with Crippen molar-refractivity contribution in [3.8, 4) is 11.1 Å². The number of carbonyl (C=O) groups excluding carboxylic acids is 1. The van der Waals surface area contributed by atoms with E-state index in [-0.39, 0.29) is 6.54 Å². The molecule has 2 N–H and O–H groups in total. The Morgan fingerprint density at radius 2 is 2.14 bits per heavy atom. The van der Waals surface area contributed by atoms with Crippen LogP contribution in [-0.4, -0.2) is 25.2 Å². The van der Waals surface area contributed by atoms with E-state index in [2.05, 4.69) is 50.6 Å². The van der Waals surface area contributed by atoms with Crippen molar-refractivity contribution in [1.82, 2.24) is 19.3 Å². The molecule has 0 aliphatic heterocycles. The summed E-state index contributed by atoms with van der Waals surface area (Å²) >= 11 is 3.42. The lowest BCUT2D eigenvalue weighted by atomic mass is 10.1. The first kappa shape index (κ1) is 14.8. The van der Waals surface area contributed by atoms with Crippen molar-refractivity contribution in [2.24, 2.45) is 5.73 Å². The number of amides is 1. The Morgan fingerprint density at radius 1 is 1.36 bits per heavy atom. The summed E-state index contributed by atoms with van der Waals surface area (Å²) in [6, 6.07) is 2.33. The lowest BCUT2D eigenvalue weighted by Gasteiger charge is -2.08. The molecule has 114 valence electrons. The van der Waals surface area contributed by atoms with Gasteiger partial charge in [0.25, 0.3) is 0 Å². The third-order valence-corrected chi connectivity index (χ3v) is 3.94. The molecule has 22 heavy (non-hydrogen) atoms. The Hall–Kier alpha value is -2.15. The topological polar surface area (TPSA) is 78.7 Å². The van der Waals surface area contributed by atoms with Crippen molar-refractivity contribution in [3.63, 3.8) is 0 Å². The fourth-order valence-electron chi connectivity index (χ4n) is 2.53. The molecule has 3 heterocycles. The van der Waals surface area contributed by atoms with E-state index in [4.69, 9.17) is 5.73 Å². The lowest BCUT2D eigenvalue weighted by Crippen LogP contribution is -2.18. The molecule has 3 aromatic heterocycles. The second-order valence-corrected chi connectivity index (χ2v) is 6.27. The van der Waals surface area contributed by atoms with Gasteiger partial charge in [0.05, 0.1) is 11.7 Å². The largest absolute Gasteiger partial charge is 0.368 e. The SMILES string of the molecule is CC(C)n1cc(-c2cnn(CC(N)=O)c2)c2cnc(Br)cc21. The minimum atomic E-state index is -0.412. The zero-order chi connectivity index (χ0) is 15.9. The Balaban J connectivity index is 2.14. The van der Waals surface area contributed by atoms with Crippen LogP contribution in [-0.2, 0) is 11.3 Å². The van der Waals surface area contributed by atoms with Crippen LogP contribution in [0.2, 0.25) is 0 Å². The van der Waals surface area contributed by atoms with Crippen molar-refractivity contribution in [3.05, 3.63) is 35.5 Å². The third kappa shape index (κ3) is 2.64. The summed E-state index contributed by atoms with van der Waals surface area (Å²) in [6.45, 7) is 4.34. The molecule has 0 spiro atoms. The van der Waals surface area contributed by atoms with E-state index in [0.29, 0.717) is 6.04 Å². The van der Waals surface area contributed by atoms with Gasteiger partial charge in [-0.3, -0.25) is 9.48 Å². The number of rotatable bonds is 4. The molecular weight excluding hydrogens is 346 g/mol. The average Bonchev–Trinajstić information content (AvgIpc) is 3.01. The second-order valence-electron chi connectivity index (χ2n) is 5.46. The molecule has 0 aromatic carbocycles. The molecule has 0 radical (unpaired) electrons. The average molecular weight is 362 g/mol. The van der Waals surface area contributed by atoms with Gasteiger partial charge in [0, 0.05) is 41.1 Å². The Labute approximate surface area is 136 Å². The standard InChI is InChI=1S/C15H16BrN5O/c1-9(2)21-7-12(11-5-18-14(16)3-13(11)21)10-4-19-20(6-10)8-15(17)22/h3-7,9H,8H2,1-2H3,(H2,17,22). The number of fused-ring (bicyclic) bond motifs is 1. The van der Waals surface area contributed by atoms with E-state index >= 15 is 0 Å². The zero-order valence-electron chi connectivity index (χ0n) is 12.3. The second kappa shape index (κ2) is 5.57. The van der Waals surface area contributed by atoms with E-state index in [0.717, 1.165) is 26.6 Å². The third-order valence-electron chi connectivity index (χ3n) is 3.50. The molecule has 0 atom stereocenters. The van der Waals surface area contributed by atoms with Crippen molar-refractivity contribution in [2.45, 2.75) is 26.4 Å². The minimum Gasteiger partial charge on any atom is -0.368 e. The molecular formula is C15H16BrN5O. The van der Waals surface area contributed by atoms with E-state index in [9.17, 15) is 4.79 Å². The summed E-state index contributed by atoms with van der Waals surface area (Å²) < 4.78 is 4.54. The first-order valence-electron chi connectivity index (χ1n) is 6.93. The van der Waals surface area contributed by atoms with E-state index in [1.165, 1.54) is 0 Å². The number of nitrogens with two attached hydrogens (primary N) is 1. The van der Waals surface area contributed by atoms with Gasteiger partial charge in [-0.05, 0) is 35.8 Å². The van der Waals surface area contributed by atoms with Crippen LogP contribution >= 0.6 is 15.9 Å². The number of hydrogen-bond donors (Lipinski definition) is 1. The van der Waals surface area contributed by atoms with Crippen molar-refractivity contribution in [1.29, 1.82) is 0 Å². The predicted octanol–water partition coefficient (Wildman–Crippen LogP) is 2.73. The highest BCUT2D eigenvalue weighted by molar-refractivity contribution is 9.10. The molecule has 0 bridgehead atoms. The van der Waals surface area contributed by atoms with Gasteiger partial charge in [-0.2, -0.15) is 5.10 Å². The van der Waals surface area contributed by atoms with Crippen LogP contribution in [0.15, 0.2) is 35.5 Å². The molecule has 6 nitrogen and oxygen atoms in total. The van der Waals surface area contributed by atoms with Crippen LogP contribution in [0.5, 0.6) is 0 Å². The van der Waals surface area contributed by atoms with Crippen LogP contribution in [0.4, 0.5) is 0 Å². The van der Waals surface area contributed by atoms with Gasteiger partial charge in [-0.1, -0.05) is 0 Å². The van der Waals surface area contributed by atoms with Gasteiger partial charge >= 0.3 is 0 Å². The summed E-state index contributed by atoms with van der Waals surface area (Å²) in [4.78, 5) is 15.3. The van der Waals surface area contributed by atoms with Gasteiger partial charge in [0.15, 0.2) is 0 Å². The first-order valence-corrected chi connectivity index (χ1v) is 7.72. The normalized spacial score (nSPS) is 11.5. The van der Waals surface area contributed by atoms with Crippen molar-refractivity contribution in [2.75, 3.05) is 0 Å². The molecule has 0 aliphatic rings. The number of nitrogens with zero attached hydrogens (tertiary/aromatic N) is 4. The lowest BCUT2D eigenvalue weighted by molar-refractivity contribution is -0.118. The van der Waals surface area contributed by atoms with Crippen LogP contribution in [0.1, 0.15) is 19.9 Å². The van der Waals surface area contributed by atoms with Gasteiger partial charge in [-0.15, -0.1) is 0 Å². The van der Waals surface area contributed by atoms with Crippen molar-refractivity contribution < 1.29 is 4.79 Å². The fraction of sp³-hybridized carbons (Fsp3) is 0.267. The Bertz CT molecular complexity index is 849. The molecule has 0 saturated heterocycles. The quantitative estimate of drug-likeness (QED) is 0.725. The smallest absolute Gasteiger partial charge is 0.239 e. The number of hydrogen-bond acceptors (Lipinski definition) is 3. The van der Waals surface area contributed by atoms with Crippen LogP contribution in [0.25, 0.3) is 22.0 Å². The van der Waals surface area contributed by atoms with Crippen LogP contribution in [0.3, 0.4) is 0 Å². The number of primary amides is 1. The maximum absolute atomic E-state index is 11.0. The highest BCUT2D eigenvalue weighted by Crippen LogP contribution is 2.33. The van der Waals surface area contributed by atoms with E-state index in [1.807, 2.05) is 18.5 Å². The van der Waals surface area contributed by atoms with Crippen LogP contribution in [0, 0.1) is 0 Å². The first-order chi connectivity index (χ1) is 10.5. The molecule has 0 aliphatic carbocycles. The number of carbonyl (C=O) groups is 1. The summed E-state index contributed by atoms with van der Waals surface area (Å²) in [5.74, 6) is -0.412. The molecule has 0 unspecified atom stereocenters. The molecule has 3 rings (SSSR count). The van der Waals surface area contributed by atoms with E-state index in [1.54, 1.807) is 10.9 Å². The van der Waals surface area contributed by atoms with E-state index < -0.39 is 5.91 Å². The van der Waals surface area contributed by atoms with Gasteiger partial charge in [0.1, 0.15) is 11.1 Å². The van der Waals surface area contributed by atoms with Crippen molar-refractivity contribution >= 4 is 32.7 Å². The molecule has 3 aromatic rings. The van der Waals surface area contributed by atoms with Crippen LogP contribution < -0.4 is 5.73 Å². The molecule has 0 fully saturated rings. The molecule has 1 amide bonds. The summed E-state index contributed by atoms with van der Waals surface area (Å²) in [7, 11) is 0. The van der Waals surface area contributed by atoms with Gasteiger partial charge in [-0.25, -0.2) is 4.98 Å². The summed E-state index contributed by atoms with van der Waals surface area (Å²) in [5.41, 5.74) is 8.29. The predicted molar refractivity (Wildman–Crippen MR) is 88.2 cm³/mol. The molecule has 0 saturated carbocycles. The summed E-state index contributed by atoms with van der Waals surface area (Å²) in [5, 5.41) is 5.24. The monoisotopic (exact) mass is 361 g/mol. The highest BCUT2D eigenvalue weighted by atomic mass is 79.9. The minimum absolute atomic E-state index is 0.0760. The Morgan fingerprint density at radius 3 is 2.82 bits per heavy atom. The summed E-state index contributed by atoms with van der Waals surface area (Å²) in [6.07, 6.45) is 7.50. The molecule has 7 heteroatoms. The fourth-order valence-corrected chi connectivity index (χ4v) is 2.84. The van der Waals surface area contributed by atoms with Gasteiger partial charge in [0.2, 0.25) is 5.91 Å². The zero-order valence-corrected chi connectivity index (χ0v) is 13.9. The number of aromatic nitrogens is 4. The maximum atomic E-state index is 11.0. The highest BCUT2D eigenvalue weighted by Gasteiger charge is 2.14. The number of halogens is 1.